The lowest BCUT2D eigenvalue weighted by atomic mass is 10.1. The lowest BCUT2D eigenvalue weighted by Gasteiger charge is -2.31. The molecule has 21 heavy (non-hydrogen) atoms. The summed E-state index contributed by atoms with van der Waals surface area (Å²) in [4.78, 5) is 11.4. The Balaban J connectivity index is 2.11. The Labute approximate surface area is 126 Å². The number of carbonyl (C=O) groups is 1. The summed E-state index contributed by atoms with van der Waals surface area (Å²) in [6.07, 6.45) is 1.31. The molecule has 0 saturated carbocycles. The average molecular weight is 310 g/mol. The van der Waals surface area contributed by atoms with E-state index in [9.17, 15) is 13.2 Å². The van der Waals surface area contributed by atoms with E-state index >= 15 is 0 Å². The van der Waals surface area contributed by atoms with Gasteiger partial charge in [-0.2, -0.15) is 4.31 Å². The molecule has 0 unspecified atom stereocenters. The Bertz CT molecular complexity index is 632. The third-order valence-electron chi connectivity index (χ3n) is 3.98. The molecule has 1 aromatic rings. The van der Waals surface area contributed by atoms with E-state index in [1.165, 1.54) is 11.2 Å². The molecular weight excluding hydrogens is 288 g/mol. The van der Waals surface area contributed by atoms with E-state index in [0.717, 1.165) is 11.1 Å². The van der Waals surface area contributed by atoms with E-state index < -0.39 is 10.0 Å². The Morgan fingerprint density at radius 2 is 1.81 bits per heavy atom. The van der Waals surface area contributed by atoms with Crippen molar-refractivity contribution in [1.82, 2.24) is 9.62 Å². The average Bonchev–Trinajstić information content (AvgIpc) is 2.41. The molecule has 1 amide bonds. The van der Waals surface area contributed by atoms with Crippen LogP contribution in [0.5, 0.6) is 0 Å². The monoisotopic (exact) mass is 310 g/mol. The maximum absolute atomic E-state index is 12.6. The number of nitrogens with zero attached hydrogens (tertiary/aromatic N) is 1. The van der Waals surface area contributed by atoms with Crippen molar-refractivity contribution in [3.05, 3.63) is 29.3 Å². The van der Waals surface area contributed by atoms with Crippen LogP contribution in [0.4, 0.5) is 0 Å². The topological polar surface area (TPSA) is 66.5 Å². The van der Waals surface area contributed by atoms with Crippen molar-refractivity contribution in [2.75, 3.05) is 13.1 Å². The van der Waals surface area contributed by atoms with Crippen molar-refractivity contribution in [1.29, 1.82) is 0 Å². The SMILES string of the molecule is CC(=O)NC1CCN(S(=O)(=O)c2ccc(C)c(C)c2)CC1. The lowest BCUT2D eigenvalue weighted by Crippen LogP contribution is -2.46. The van der Waals surface area contributed by atoms with E-state index in [-0.39, 0.29) is 11.9 Å². The van der Waals surface area contributed by atoms with Crippen molar-refractivity contribution >= 4 is 15.9 Å². The third kappa shape index (κ3) is 3.63. The molecular formula is C15H22N2O3S. The van der Waals surface area contributed by atoms with Gasteiger partial charge in [0, 0.05) is 26.1 Å². The molecule has 0 radical (unpaired) electrons. The highest BCUT2D eigenvalue weighted by Gasteiger charge is 2.29. The van der Waals surface area contributed by atoms with Gasteiger partial charge in [0.2, 0.25) is 15.9 Å². The maximum atomic E-state index is 12.6. The van der Waals surface area contributed by atoms with Crippen molar-refractivity contribution in [3.63, 3.8) is 0 Å². The first-order chi connectivity index (χ1) is 9.80. The van der Waals surface area contributed by atoms with Crippen LogP contribution in [0.2, 0.25) is 0 Å². The Kier molecular flexibility index (Phi) is 4.68. The molecule has 1 fully saturated rings. The molecule has 1 aliphatic rings. The quantitative estimate of drug-likeness (QED) is 0.922. The normalized spacial score (nSPS) is 17.7. The summed E-state index contributed by atoms with van der Waals surface area (Å²) in [5, 5.41) is 2.85. The molecule has 1 aromatic carbocycles. The molecule has 0 aromatic heterocycles. The van der Waals surface area contributed by atoms with Gasteiger partial charge in [-0.15, -0.1) is 0 Å². The molecule has 0 bridgehead atoms. The lowest BCUT2D eigenvalue weighted by molar-refractivity contribution is -0.119. The number of aryl methyl sites for hydroxylation is 2. The smallest absolute Gasteiger partial charge is 0.243 e. The predicted molar refractivity (Wildman–Crippen MR) is 81.5 cm³/mol. The number of sulfonamides is 1. The van der Waals surface area contributed by atoms with Crippen molar-refractivity contribution in [3.8, 4) is 0 Å². The zero-order valence-corrected chi connectivity index (χ0v) is 13.5. The largest absolute Gasteiger partial charge is 0.354 e. The number of amides is 1. The minimum atomic E-state index is -3.43. The maximum Gasteiger partial charge on any atom is 0.243 e. The highest BCUT2D eigenvalue weighted by molar-refractivity contribution is 7.89. The van der Waals surface area contributed by atoms with Gasteiger partial charge in [0.1, 0.15) is 0 Å². The van der Waals surface area contributed by atoms with Gasteiger partial charge in [-0.05, 0) is 49.9 Å². The zero-order chi connectivity index (χ0) is 15.6. The predicted octanol–water partition coefficient (Wildman–Crippen LogP) is 1.59. The second-order valence-corrected chi connectivity index (χ2v) is 7.56. The Morgan fingerprint density at radius 3 is 2.33 bits per heavy atom. The number of benzene rings is 1. The Morgan fingerprint density at radius 1 is 1.19 bits per heavy atom. The van der Waals surface area contributed by atoms with Gasteiger partial charge in [-0.3, -0.25) is 4.79 Å². The van der Waals surface area contributed by atoms with Crippen molar-refractivity contribution in [2.24, 2.45) is 0 Å². The molecule has 6 heteroatoms. The van der Waals surface area contributed by atoms with Crippen LogP contribution in [-0.4, -0.2) is 37.8 Å². The molecule has 0 aliphatic carbocycles. The zero-order valence-electron chi connectivity index (χ0n) is 12.7. The van der Waals surface area contributed by atoms with Gasteiger partial charge in [0.25, 0.3) is 0 Å². The van der Waals surface area contributed by atoms with Crippen molar-refractivity contribution in [2.45, 2.75) is 44.6 Å². The van der Waals surface area contributed by atoms with Crippen LogP contribution in [0.25, 0.3) is 0 Å². The Hall–Kier alpha value is -1.40. The van der Waals surface area contributed by atoms with E-state index in [4.69, 9.17) is 0 Å². The van der Waals surface area contributed by atoms with Crippen LogP contribution in [0.3, 0.4) is 0 Å². The molecule has 1 saturated heterocycles. The fourth-order valence-corrected chi connectivity index (χ4v) is 4.11. The highest BCUT2D eigenvalue weighted by atomic mass is 32.2. The second kappa shape index (κ2) is 6.15. The van der Waals surface area contributed by atoms with Gasteiger partial charge in [0.05, 0.1) is 4.90 Å². The molecule has 0 atom stereocenters. The number of hydrogen-bond donors (Lipinski definition) is 1. The number of nitrogens with one attached hydrogen (secondary N) is 1. The van der Waals surface area contributed by atoms with Crippen molar-refractivity contribution < 1.29 is 13.2 Å². The van der Waals surface area contributed by atoms with Gasteiger partial charge in [-0.25, -0.2) is 8.42 Å². The summed E-state index contributed by atoms with van der Waals surface area (Å²) in [6, 6.07) is 5.31. The van der Waals surface area contributed by atoms with Gasteiger partial charge in [-0.1, -0.05) is 6.07 Å². The molecule has 2 rings (SSSR count). The molecule has 5 nitrogen and oxygen atoms in total. The van der Waals surface area contributed by atoms with Crippen LogP contribution in [0, 0.1) is 13.8 Å². The van der Waals surface area contributed by atoms with Crippen LogP contribution in [-0.2, 0) is 14.8 Å². The number of carbonyl (C=O) groups excluding carboxylic acids is 1. The van der Waals surface area contributed by atoms with E-state index in [0.29, 0.717) is 30.8 Å². The molecule has 116 valence electrons. The molecule has 1 heterocycles. The summed E-state index contributed by atoms with van der Waals surface area (Å²) in [7, 11) is -3.43. The van der Waals surface area contributed by atoms with E-state index in [1.54, 1.807) is 12.1 Å². The van der Waals surface area contributed by atoms with E-state index in [2.05, 4.69) is 5.32 Å². The standard InChI is InChI=1S/C15H22N2O3S/c1-11-4-5-15(10-12(11)2)21(19,20)17-8-6-14(7-9-17)16-13(3)18/h4-5,10,14H,6-9H2,1-3H3,(H,16,18). The van der Waals surface area contributed by atoms with Gasteiger partial charge in [0.15, 0.2) is 0 Å². The number of hydrogen-bond acceptors (Lipinski definition) is 3. The first kappa shape index (κ1) is 16.0. The second-order valence-electron chi connectivity index (χ2n) is 5.62. The first-order valence-electron chi connectivity index (χ1n) is 7.15. The molecule has 0 spiro atoms. The minimum Gasteiger partial charge on any atom is -0.354 e. The minimum absolute atomic E-state index is 0.0644. The summed E-state index contributed by atoms with van der Waals surface area (Å²) < 4.78 is 26.7. The van der Waals surface area contributed by atoms with E-state index in [1.807, 2.05) is 19.9 Å². The van der Waals surface area contributed by atoms with Crippen LogP contribution in [0.15, 0.2) is 23.1 Å². The first-order valence-corrected chi connectivity index (χ1v) is 8.59. The third-order valence-corrected chi connectivity index (χ3v) is 5.87. The molecule has 1 N–H and O–H groups in total. The van der Waals surface area contributed by atoms with Crippen LogP contribution in [0.1, 0.15) is 30.9 Å². The van der Waals surface area contributed by atoms with Crippen LogP contribution < -0.4 is 5.32 Å². The van der Waals surface area contributed by atoms with Gasteiger partial charge < -0.3 is 5.32 Å². The molecule has 1 aliphatic heterocycles. The summed E-state index contributed by atoms with van der Waals surface area (Å²) in [6.45, 7) is 6.25. The summed E-state index contributed by atoms with van der Waals surface area (Å²) in [5.74, 6) is -0.0644. The van der Waals surface area contributed by atoms with Gasteiger partial charge >= 0.3 is 0 Å². The number of piperidine rings is 1. The highest BCUT2D eigenvalue weighted by Crippen LogP contribution is 2.22. The fraction of sp³-hybridized carbons (Fsp3) is 0.533. The fourth-order valence-electron chi connectivity index (χ4n) is 2.55. The summed E-state index contributed by atoms with van der Waals surface area (Å²) >= 11 is 0. The number of rotatable bonds is 3. The van der Waals surface area contributed by atoms with Crippen LogP contribution >= 0.6 is 0 Å². The summed E-state index contributed by atoms with van der Waals surface area (Å²) in [5.41, 5.74) is 2.06.